The van der Waals surface area contributed by atoms with Gasteiger partial charge in [-0.15, -0.1) is 0 Å². The van der Waals surface area contributed by atoms with E-state index in [4.69, 9.17) is 0 Å². The fourth-order valence-corrected chi connectivity index (χ4v) is 3.10. The number of aryl methyl sites for hydroxylation is 1. The SMILES string of the molecule is CC(=O)Nc1ccccc1S(=O)c1c([N+](=O)[O-])ncn1C. The molecule has 0 spiro atoms. The quantitative estimate of drug-likeness (QED) is 0.679. The van der Waals surface area contributed by atoms with E-state index in [9.17, 15) is 19.1 Å². The third-order valence-electron chi connectivity index (χ3n) is 2.61. The summed E-state index contributed by atoms with van der Waals surface area (Å²) in [6, 6.07) is 6.43. The second kappa shape index (κ2) is 5.83. The van der Waals surface area contributed by atoms with Gasteiger partial charge in [0.05, 0.1) is 10.6 Å². The molecular weight excluding hydrogens is 296 g/mol. The highest BCUT2D eigenvalue weighted by molar-refractivity contribution is 7.85. The predicted molar refractivity (Wildman–Crippen MR) is 75.3 cm³/mol. The number of nitrogens with zero attached hydrogens (tertiary/aromatic N) is 3. The average Bonchev–Trinajstić information content (AvgIpc) is 2.80. The standard InChI is InChI=1S/C12H12N4O4S/c1-8(17)14-9-5-3-4-6-10(9)21(20)12-11(16(18)19)13-7-15(12)2/h3-7H,1-2H3,(H,14,17). The lowest BCUT2D eigenvalue weighted by molar-refractivity contribution is -0.392. The van der Waals surface area contributed by atoms with E-state index in [0.29, 0.717) is 5.69 Å². The molecule has 8 nitrogen and oxygen atoms in total. The van der Waals surface area contributed by atoms with Crippen molar-refractivity contribution in [3.63, 3.8) is 0 Å². The molecule has 0 aliphatic heterocycles. The third-order valence-corrected chi connectivity index (χ3v) is 4.19. The Hall–Kier alpha value is -2.55. The molecule has 1 heterocycles. The lowest BCUT2D eigenvalue weighted by atomic mass is 10.3. The molecule has 1 aromatic carbocycles. The Labute approximate surface area is 122 Å². The Morgan fingerprint density at radius 3 is 2.71 bits per heavy atom. The smallest absolute Gasteiger partial charge is 0.358 e. The van der Waals surface area contributed by atoms with E-state index in [0.717, 1.165) is 0 Å². The summed E-state index contributed by atoms with van der Waals surface area (Å²) >= 11 is 0. The Balaban J connectivity index is 2.53. The largest absolute Gasteiger partial charge is 0.398 e. The zero-order valence-corrected chi connectivity index (χ0v) is 12.1. The summed E-state index contributed by atoms with van der Waals surface area (Å²) in [6.07, 6.45) is 1.23. The molecule has 110 valence electrons. The van der Waals surface area contributed by atoms with Crippen LogP contribution in [0.2, 0.25) is 0 Å². The summed E-state index contributed by atoms with van der Waals surface area (Å²) in [5.41, 5.74) is 0.346. The maximum atomic E-state index is 12.7. The van der Waals surface area contributed by atoms with Gasteiger partial charge in [0.1, 0.15) is 10.8 Å². The van der Waals surface area contributed by atoms with Crippen molar-refractivity contribution in [1.82, 2.24) is 9.55 Å². The number of aromatic nitrogens is 2. The summed E-state index contributed by atoms with van der Waals surface area (Å²) < 4.78 is 14.0. The molecule has 0 radical (unpaired) electrons. The van der Waals surface area contributed by atoms with Crippen molar-refractivity contribution in [2.45, 2.75) is 16.8 Å². The Kier molecular flexibility index (Phi) is 4.13. The van der Waals surface area contributed by atoms with E-state index >= 15 is 0 Å². The van der Waals surface area contributed by atoms with Crippen LogP contribution < -0.4 is 5.32 Å². The number of carbonyl (C=O) groups excluding carboxylic acids is 1. The van der Waals surface area contributed by atoms with Gasteiger partial charge in [0.2, 0.25) is 17.3 Å². The number of anilines is 1. The van der Waals surface area contributed by atoms with Crippen molar-refractivity contribution in [2.75, 3.05) is 5.32 Å². The van der Waals surface area contributed by atoms with Gasteiger partial charge in [-0.05, 0) is 22.0 Å². The van der Waals surface area contributed by atoms with Gasteiger partial charge < -0.3 is 15.4 Å². The van der Waals surface area contributed by atoms with Crippen molar-refractivity contribution >= 4 is 28.2 Å². The minimum Gasteiger partial charge on any atom is -0.358 e. The molecule has 0 bridgehead atoms. The number of hydrogen-bond acceptors (Lipinski definition) is 5. The van der Waals surface area contributed by atoms with E-state index in [2.05, 4.69) is 10.3 Å². The van der Waals surface area contributed by atoms with Gasteiger partial charge in [0.25, 0.3) is 0 Å². The number of nitro groups is 1. The molecule has 2 aromatic rings. The van der Waals surface area contributed by atoms with E-state index in [1.54, 1.807) is 18.2 Å². The van der Waals surface area contributed by atoms with Gasteiger partial charge in [0, 0.05) is 14.0 Å². The first-order chi connectivity index (χ1) is 9.91. The number of nitrogens with one attached hydrogen (secondary N) is 1. The van der Waals surface area contributed by atoms with E-state index in [1.807, 2.05) is 0 Å². The van der Waals surface area contributed by atoms with Gasteiger partial charge >= 0.3 is 5.82 Å². The fraction of sp³-hybridized carbons (Fsp3) is 0.167. The van der Waals surface area contributed by atoms with Crippen LogP contribution in [-0.4, -0.2) is 24.6 Å². The molecule has 1 amide bonds. The fourth-order valence-electron chi connectivity index (χ4n) is 1.77. The molecule has 1 N–H and O–H groups in total. The maximum absolute atomic E-state index is 12.7. The number of amides is 1. The summed E-state index contributed by atoms with van der Waals surface area (Å²) in [5.74, 6) is -0.785. The summed E-state index contributed by atoms with van der Waals surface area (Å²) in [6.45, 7) is 1.33. The number of rotatable bonds is 4. The first kappa shape index (κ1) is 14.9. The van der Waals surface area contributed by atoms with Crippen LogP contribution in [0.3, 0.4) is 0 Å². The monoisotopic (exact) mass is 308 g/mol. The van der Waals surface area contributed by atoms with Gasteiger partial charge in [-0.2, -0.15) is 0 Å². The maximum Gasteiger partial charge on any atom is 0.398 e. The Bertz CT molecular complexity index is 741. The van der Waals surface area contributed by atoms with Crippen LogP contribution >= 0.6 is 0 Å². The van der Waals surface area contributed by atoms with Crippen molar-refractivity contribution in [3.8, 4) is 0 Å². The van der Waals surface area contributed by atoms with Gasteiger partial charge in [0.15, 0.2) is 0 Å². The molecule has 1 aromatic heterocycles. The normalized spacial score (nSPS) is 11.9. The highest BCUT2D eigenvalue weighted by Crippen LogP contribution is 2.28. The number of hydrogen-bond donors (Lipinski definition) is 1. The summed E-state index contributed by atoms with van der Waals surface area (Å²) in [5, 5.41) is 13.5. The molecule has 0 saturated carbocycles. The van der Waals surface area contributed by atoms with Gasteiger partial charge in [-0.3, -0.25) is 9.36 Å². The zero-order valence-electron chi connectivity index (χ0n) is 11.3. The van der Waals surface area contributed by atoms with Crippen LogP contribution in [0.1, 0.15) is 6.92 Å². The van der Waals surface area contributed by atoms with Crippen LogP contribution in [0.25, 0.3) is 0 Å². The molecular formula is C12H12N4O4S. The van der Waals surface area contributed by atoms with Crippen molar-refractivity contribution < 1.29 is 13.9 Å². The molecule has 0 fully saturated rings. The highest BCUT2D eigenvalue weighted by atomic mass is 32.2. The molecule has 2 rings (SSSR count). The second-order valence-electron chi connectivity index (χ2n) is 4.19. The van der Waals surface area contributed by atoms with Crippen LogP contribution in [0.5, 0.6) is 0 Å². The molecule has 1 atom stereocenters. The molecule has 0 saturated heterocycles. The van der Waals surface area contributed by atoms with E-state index < -0.39 is 21.5 Å². The minimum absolute atomic E-state index is 0.0298. The van der Waals surface area contributed by atoms with Gasteiger partial charge in [-0.1, -0.05) is 12.1 Å². The lowest BCUT2D eigenvalue weighted by Gasteiger charge is -2.09. The van der Waals surface area contributed by atoms with E-state index in [-0.39, 0.29) is 15.8 Å². The third kappa shape index (κ3) is 2.97. The number of para-hydroxylation sites is 1. The highest BCUT2D eigenvalue weighted by Gasteiger charge is 2.27. The van der Waals surface area contributed by atoms with Crippen LogP contribution in [-0.2, 0) is 22.6 Å². The molecule has 1 unspecified atom stereocenters. The Morgan fingerprint density at radius 1 is 1.43 bits per heavy atom. The summed E-state index contributed by atoms with van der Waals surface area (Å²) in [7, 11) is -0.321. The molecule has 0 aliphatic rings. The topological polar surface area (TPSA) is 107 Å². The number of imidazole rings is 1. The average molecular weight is 308 g/mol. The van der Waals surface area contributed by atoms with Crippen molar-refractivity contribution in [2.24, 2.45) is 7.05 Å². The molecule has 0 aliphatic carbocycles. The molecule has 9 heteroatoms. The van der Waals surface area contributed by atoms with Crippen molar-refractivity contribution in [3.05, 3.63) is 40.7 Å². The number of benzene rings is 1. The minimum atomic E-state index is -1.84. The zero-order chi connectivity index (χ0) is 15.6. The Morgan fingerprint density at radius 2 is 2.10 bits per heavy atom. The van der Waals surface area contributed by atoms with Crippen LogP contribution in [0.4, 0.5) is 11.5 Å². The predicted octanol–water partition coefficient (Wildman–Crippen LogP) is 1.45. The lowest BCUT2D eigenvalue weighted by Crippen LogP contribution is -2.10. The first-order valence-corrected chi connectivity index (χ1v) is 7.01. The van der Waals surface area contributed by atoms with E-state index in [1.165, 1.54) is 30.9 Å². The van der Waals surface area contributed by atoms with Crippen LogP contribution in [0, 0.1) is 10.1 Å². The second-order valence-corrected chi connectivity index (χ2v) is 5.55. The van der Waals surface area contributed by atoms with Gasteiger partial charge in [-0.25, -0.2) is 4.21 Å². The summed E-state index contributed by atoms with van der Waals surface area (Å²) in [4.78, 5) is 25.4. The first-order valence-electron chi connectivity index (χ1n) is 5.86. The van der Waals surface area contributed by atoms with Crippen molar-refractivity contribution in [1.29, 1.82) is 0 Å². The van der Waals surface area contributed by atoms with Crippen LogP contribution in [0.15, 0.2) is 40.5 Å². The number of carbonyl (C=O) groups is 1. The molecule has 21 heavy (non-hydrogen) atoms.